The topological polar surface area (TPSA) is 64.9 Å². The Morgan fingerprint density at radius 1 is 1.22 bits per heavy atom. The summed E-state index contributed by atoms with van der Waals surface area (Å²) in [6, 6.07) is 9.99. The molecule has 0 saturated heterocycles. The molecule has 18 heavy (non-hydrogen) atoms. The summed E-state index contributed by atoms with van der Waals surface area (Å²) in [5.74, 6) is 1.62. The monoisotopic (exact) mass is 263 g/mol. The van der Waals surface area contributed by atoms with E-state index in [1.54, 1.807) is 0 Å². The van der Waals surface area contributed by atoms with Gasteiger partial charge >= 0.3 is 0 Å². The van der Waals surface area contributed by atoms with E-state index in [4.69, 9.17) is 10.2 Å². The third kappa shape index (κ3) is 3.34. The zero-order valence-electron chi connectivity index (χ0n) is 10.5. The lowest BCUT2D eigenvalue weighted by atomic mass is 10.1. The van der Waals surface area contributed by atoms with Gasteiger partial charge in [-0.2, -0.15) is 0 Å². The van der Waals surface area contributed by atoms with Crippen molar-refractivity contribution < 1.29 is 4.42 Å². The van der Waals surface area contributed by atoms with E-state index in [9.17, 15) is 0 Å². The number of hydrogen-bond acceptors (Lipinski definition) is 5. The van der Waals surface area contributed by atoms with E-state index < -0.39 is 0 Å². The minimum Gasteiger partial charge on any atom is -0.414 e. The van der Waals surface area contributed by atoms with E-state index in [-0.39, 0.29) is 12.0 Å². The molecular formula is C13H17N3OS. The van der Waals surface area contributed by atoms with Crippen LogP contribution in [0.3, 0.4) is 0 Å². The summed E-state index contributed by atoms with van der Waals surface area (Å²) >= 11 is 1.53. The lowest BCUT2D eigenvalue weighted by Gasteiger charge is -2.09. The fourth-order valence-corrected chi connectivity index (χ4v) is 2.14. The molecule has 0 aliphatic heterocycles. The lowest BCUT2D eigenvalue weighted by Crippen LogP contribution is -2.16. The molecule has 4 nitrogen and oxygen atoms in total. The van der Waals surface area contributed by atoms with Gasteiger partial charge in [0.25, 0.3) is 5.22 Å². The summed E-state index contributed by atoms with van der Waals surface area (Å²) < 4.78 is 5.54. The van der Waals surface area contributed by atoms with E-state index >= 15 is 0 Å². The minimum absolute atomic E-state index is 0.191. The minimum atomic E-state index is -0.191. The maximum Gasteiger partial charge on any atom is 0.276 e. The number of hydrogen-bond donors (Lipinski definition) is 1. The Morgan fingerprint density at radius 3 is 2.61 bits per heavy atom. The highest BCUT2D eigenvalue weighted by atomic mass is 32.2. The zero-order valence-corrected chi connectivity index (χ0v) is 11.4. The molecule has 1 aromatic carbocycles. The van der Waals surface area contributed by atoms with Gasteiger partial charge < -0.3 is 10.2 Å². The van der Waals surface area contributed by atoms with Crippen molar-refractivity contribution in [1.29, 1.82) is 0 Å². The van der Waals surface area contributed by atoms with E-state index in [1.807, 2.05) is 32.0 Å². The lowest BCUT2D eigenvalue weighted by molar-refractivity contribution is 0.349. The second-order valence-electron chi connectivity index (χ2n) is 4.45. The third-order valence-electron chi connectivity index (χ3n) is 2.63. The van der Waals surface area contributed by atoms with Crippen molar-refractivity contribution >= 4 is 11.8 Å². The van der Waals surface area contributed by atoms with Gasteiger partial charge in [0.05, 0.1) is 6.04 Å². The zero-order chi connectivity index (χ0) is 13.0. The molecular weight excluding hydrogens is 246 g/mol. The van der Waals surface area contributed by atoms with Crippen molar-refractivity contribution in [2.75, 3.05) is 0 Å². The van der Waals surface area contributed by atoms with Gasteiger partial charge in [-0.15, -0.1) is 10.2 Å². The Labute approximate surface area is 111 Å². The van der Waals surface area contributed by atoms with E-state index in [0.717, 1.165) is 5.75 Å². The van der Waals surface area contributed by atoms with Crippen molar-refractivity contribution in [3.63, 3.8) is 0 Å². The summed E-state index contributed by atoms with van der Waals surface area (Å²) in [6.07, 6.45) is 0. The first kappa shape index (κ1) is 13.1. The van der Waals surface area contributed by atoms with Gasteiger partial charge in [-0.25, -0.2) is 0 Å². The summed E-state index contributed by atoms with van der Waals surface area (Å²) in [5, 5.41) is 8.56. The number of nitrogens with zero attached hydrogens (tertiary/aromatic N) is 2. The van der Waals surface area contributed by atoms with Gasteiger partial charge in [0, 0.05) is 5.75 Å². The molecule has 2 rings (SSSR count). The van der Waals surface area contributed by atoms with Crippen molar-refractivity contribution in [3.8, 4) is 0 Å². The first-order valence-corrected chi connectivity index (χ1v) is 6.91. The fourth-order valence-electron chi connectivity index (χ4n) is 1.42. The molecule has 1 atom stereocenters. The van der Waals surface area contributed by atoms with E-state index in [2.05, 4.69) is 22.3 Å². The molecule has 0 unspecified atom stereocenters. The number of benzene rings is 1. The largest absolute Gasteiger partial charge is 0.414 e. The standard InChI is InChI=1S/C13H17N3OS/c1-9(2)11(14)12-15-16-13(17-12)18-8-10-6-4-3-5-7-10/h3-7,9,11H,8,14H2,1-2H3/t11-/m1/s1. The maximum atomic E-state index is 5.95. The van der Waals surface area contributed by atoms with Gasteiger partial charge in [0.15, 0.2) is 0 Å². The molecule has 2 aromatic rings. The third-order valence-corrected chi connectivity index (χ3v) is 3.52. The van der Waals surface area contributed by atoms with Crippen LogP contribution in [0.4, 0.5) is 0 Å². The molecule has 0 aliphatic carbocycles. The quantitative estimate of drug-likeness (QED) is 0.840. The summed E-state index contributed by atoms with van der Waals surface area (Å²) in [6.45, 7) is 4.07. The molecule has 1 aromatic heterocycles. The van der Waals surface area contributed by atoms with Gasteiger partial charge in [0.2, 0.25) is 5.89 Å². The first-order valence-electron chi connectivity index (χ1n) is 5.92. The van der Waals surface area contributed by atoms with Crippen molar-refractivity contribution in [1.82, 2.24) is 10.2 Å². The first-order chi connectivity index (χ1) is 8.66. The number of nitrogens with two attached hydrogens (primary N) is 1. The number of rotatable bonds is 5. The Kier molecular flexibility index (Phi) is 4.38. The highest BCUT2D eigenvalue weighted by Gasteiger charge is 2.17. The van der Waals surface area contributed by atoms with Crippen LogP contribution in [0.2, 0.25) is 0 Å². The highest BCUT2D eigenvalue weighted by Crippen LogP contribution is 2.24. The van der Waals surface area contributed by atoms with Crippen LogP contribution in [-0.2, 0) is 5.75 Å². The van der Waals surface area contributed by atoms with Crippen LogP contribution in [-0.4, -0.2) is 10.2 Å². The second-order valence-corrected chi connectivity index (χ2v) is 5.38. The predicted molar refractivity (Wildman–Crippen MR) is 72.1 cm³/mol. The SMILES string of the molecule is CC(C)[C@@H](N)c1nnc(SCc2ccccc2)o1. The molecule has 0 amide bonds. The average Bonchev–Trinajstić information content (AvgIpc) is 2.85. The second kappa shape index (κ2) is 6.02. The molecule has 0 saturated carbocycles. The maximum absolute atomic E-state index is 5.95. The average molecular weight is 263 g/mol. The van der Waals surface area contributed by atoms with Crippen LogP contribution < -0.4 is 5.73 Å². The summed E-state index contributed by atoms with van der Waals surface area (Å²) in [5.41, 5.74) is 7.18. The molecule has 5 heteroatoms. The molecule has 0 aliphatic rings. The van der Waals surface area contributed by atoms with Crippen LogP contribution in [0.25, 0.3) is 0 Å². The molecule has 0 spiro atoms. The highest BCUT2D eigenvalue weighted by molar-refractivity contribution is 7.98. The molecule has 2 N–H and O–H groups in total. The fraction of sp³-hybridized carbons (Fsp3) is 0.385. The van der Waals surface area contributed by atoms with Crippen LogP contribution in [0.5, 0.6) is 0 Å². The molecule has 96 valence electrons. The molecule has 0 radical (unpaired) electrons. The van der Waals surface area contributed by atoms with Crippen LogP contribution in [0.1, 0.15) is 31.3 Å². The van der Waals surface area contributed by atoms with Gasteiger partial charge in [0.1, 0.15) is 0 Å². The summed E-state index contributed by atoms with van der Waals surface area (Å²) in [7, 11) is 0. The van der Waals surface area contributed by atoms with Gasteiger partial charge in [-0.3, -0.25) is 0 Å². The Balaban J connectivity index is 1.95. The van der Waals surface area contributed by atoms with Gasteiger partial charge in [-0.05, 0) is 11.5 Å². The Morgan fingerprint density at radius 2 is 1.94 bits per heavy atom. The normalized spacial score (nSPS) is 12.9. The number of aromatic nitrogens is 2. The van der Waals surface area contributed by atoms with Crippen molar-refractivity contribution in [2.24, 2.45) is 11.7 Å². The van der Waals surface area contributed by atoms with E-state index in [1.165, 1.54) is 17.3 Å². The molecule has 0 fully saturated rings. The van der Waals surface area contributed by atoms with E-state index in [0.29, 0.717) is 11.1 Å². The Hall–Kier alpha value is -1.33. The van der Waals surface area contributed by atoms with Crippen molar-refractivity contribution in [3.05, 3.63) is 41.8 Å². The van der Waals surface area contributed by atoms with Crippen molar-refractivity contribution in [2.45, 2.75) is 30.9 Å². The smallest absolute Gasteiger partial charge is 0.276 e. The van der Waals surface area contributed by atoms with Crippen LogP contribution in [0.15, 0.2) is 40.0 Å². The van der Waals surface area contributed by atoms with Crippen LogP contribution in [0, 0.1) is 5.92 Å². The predicted octanol–water partition coefficient (Wildman–Crippen LogP) is 3.02. The van der Waals surface area contributed by atoms with Crippen LogP contribution >= 0.6 is 11.8 Å². The molecule has 0 bridgehead atoms. The summed E-state index contributed by atoms with van der Waals surface area (Å²) in [4.78, 5) is 0. The number of thioether (sulfide) groups is 1. The molecule has 1 heterocycles. The Bertz CT molecular complexity index is 484. The van der Waals surface area contributed by atoms with Gasteiger partial charge in [-0.1, -0.05) is 55.9 Å².